The highest BCUT2D eigenvalue weighted by Crippen LogP contribution is 2.45. The fourth-order valence-electron chi connectivity index (χ4n) is 9.83. The Kier molecular flexibility index (Phi) is 55.9. The third kappa shape index (κ3) is 60.7. The number of aliphatic hydroxyl groups excluding tert-OH is 1. The van der Waals surface area contributed by atoms with Gasteiger partial charge in [0.25, 0.3) is 0 Å². The van der Waals surface area contributed by atoms with E-state index in [1.54, 1.807) is 0 Å². The van der Waals surface area contributed by atoms with Crippen LogP contribution in [-0.2, 0) is 65.4 Å². The summed E-state index contributed by atoms with van der Waals surface area (Å²) in [5.74, 6) is -0.0345. The van der Waals surface area contributed by atoms with Gasteiger partial charge < -0.3 is 33.8 Å². The standard InChI is InChI=1S/C66H128O17P2/c1-8-9-10-11-12-13-14-15-16-17-18-19-26-35-42-49-65(70)82-61(53-76-63(68)47-40-33-25-21-20-23-30-37-44-57(2)3)55-80-84(72,73)78-51-60(67)52-79-85(74,75)81-56-62(54-77-64(69)48-41-34-29-28-32-39-46-59(6)7)83-66(71)50-43-36-27-22-24-31-38-45-58(4)5/h57-62,67H,8-56H2,1-7H3,(H,72,73)(H,74,75)/t60-,61-,62-/m1/s1. The van der Waals surface area contributed by atoms with Crippen molar-refractivity contribution in [3.63, 3.8) is 0 Å². The van der Waals surface area contributed by atoms with Gasteiger partial charge in [-0.25, -0.2) is 9.13 Å². The summed E-state index contributed by atoms with van der Waals surface area (Å²) < 4.78 is 68.0. The van der Waals surface area contributed by atoms with Crippen molar-refractivity contribution >= 4 is 39.5 Å². The van der Waals surface area contributed by atoms with Gasteiger partial charge in [0.15, 0.2) is 12.2 Å². The number of unbranched alkanes of at least 4 members (excludes halogenated alkanes) is 32. The van der Waals surface area contributed by atoms with Crippen molar-refractivity contribution in [3.05, 3.63) is 0 Å². The van der Waals surface area contributed by atoms with Gasteiger partial charge in [-0.1, -0.05) is 273 Å². The monoisotopic (exact) mass is 1250 g/mol. The summed E-state index contributed by atoms with van der Waals surface area (Å²) in [7, 11) is -9.89. The number of phosphoric ester groups is 2. The van der Waals surface area contributed by atoms with Gasteiger partial charge in [-0.2, -0.15) is 0 Å². The number of hydrogen-bond acceptors (Lipinski definition) is 15. The van der Waals surface area contributed by atoms with E-state index in [2.05, 4.69) is 48.5 Å². The minimum absolute atomic E-state index is 0.102. The summed E-state index contributed by atoms with van der Waals surface area (Å²) in [6, 6.07) is 0. The van der Waals surface area contributed by atoms with Crippen molar-refractivity contribution in [2.75, 3.05) is 39.6 Å². The molecular formula is C66H128O17P2. The molecule has 0 saturated heterocycles. The highest BCUT2D eigenvalue weighted by molar-refractivity contribution is 7.47. The number of rotatable bonds is 64. The van der Waals surface area contributed by atoms with Crippen LogP contribution in [0, 0.1) is 17.8 Å². The first-order valence-electron chi connectivity index (χ1n) is 34.3. The Bertz CT molecular complexity index is 1680. The first-order chi connectivity index (χ1) is 40.7. The maximum atomic E-state index is 13.0. The molecule has 17 nitrogen and oxygen atoms in total. The molecule has 0 spiro atoms. The average Bonchev–Trinajstić information content (AvgIpc) is 3.51. The second-order valence-corrected chi connectivity index (χ2v) is 28.2. The summed E-state index contributed by atoms with van der Waals surface area (Å²) in [6.07, 6.45) is 39.2. The lowest BCUT2D eigenvalue weighted by Crippen LogP contribution is -2.30. The topological polar surface area (TPSA) is 237 Å². The molecule has 2 unspecified atom stereocenters. The maximum absolute atomic E-state index is 13.0. The molecule has 5 atom stereocenters. The second kappa shape index (κ2) is 57.2. The molecule has 0 aromatic carbocycles. The summed E-state index contributed by atoms with van der Waals surface area (Å²) in [5, 5.41) is 10.5. The van der Waals surface area contributed by atoms with E-state index in [9.17, 15) is 43.2 Å². The van der Waals surface area contributed by atoms with E-state index in [1.807, 2.05) is 0 Å². The predicted molar refractivity (Wildman–Crippen MR) is 340 cm³/mol. The van der Waals surface area contributed by atoms with Gasteiger partial charge in [0.2, 0.25) is 0 Å². The van der Waals surface area contributed by atoms with Gasteiger partial charge in [-0.05, 0) is 43.4 Å². The fraction of sp³-hybridized carbons (Fsp3) is 0.939. The molecule has 0 aliphatic carbocycles. The van der Waals surface area contributed by atoms with Gasteiger partial charge in [-0.3, -0.25) is 37.3 Å². The summed E-state index contributed by atoms with van der Waals surface area (Å²) in [6.45, 7) is 11.6. The van der Waals surface area contributed by atoms with Crippen LogP contribution in [0.3, 0.4) is 0 Å². The van der Waals surface area contributed by atoms with Gasteiger partial charge in [0.05, 0.1) is 26.4 Å². The van der Waals surface area contributed by atoms with Crippen molar-refractivity contribution < 1.29 is 80.2 Å². The van der Waals surface area contributed by atoms with E-state index in [0.717, 1.165) is 102 Å². The lowest BCUT2D eigenvalue weighted by Gasteiger charge is -2.21. The van der Waals surface area contributed by atoms with Gasteiger partial charge in [-0.15, -0.1) is 0 Å². The molecule has 0 fully saturated rings. The van der Waals surface area contributed by atoms with Gasteiger partial charge in [0.1, 0.15) is 19.3 Å². The summed E-state index contributed by atoms with van der Waals surface area (Å²) >= 11 is 0. The van der Waals surface area contributed by atoms with E-state index in [-0.39, 0.29) is 25.7 Å². The number of phosphoric acid groups is 2. The van der Waals surface area contributed by atoms with E-state index < -0.39 is 97.5 Å². The van der Waals surface area contributed by atoms with Crippen LogP contribution in [0.4, 0.5) is 0 Å². The van der Waals surface area contributed by atoms with Crippen molar-refractivity contribution in [1.29, 1.82) is 0 Å². The van der Waals surface area contributed by atoms with Crippen LogP contribution in [0.2, 0.25) is 0 Å². The molecule has 0 aliphatic rings. The minimum Gasteiger partial charge on any atom is -0.462 e. The normalized spacial score (nSPS) is 14.3. The molecule has 0 aromatic rings. The molecule has 0 aromatic heterocycles. The molecule has 0 bridgehead atoms. The molecular weight excluding hydrogens is 1130 g/mol. The second-order valence-electron chi connectivity index (χ2n) is 25.3. The zero-order valence-corrected chi connectivity index (χ0v) is 56.9. The van der Waals surface area contributed by atoms with Crippen LogP contribution < -0.4 is 0 Å². The number of carbonyl (C=O) groups excluding carboxylic acids is 4. The van der Waals surface area contributed by atoms with Crippen LogP contribution in [0.1, 0.15) is 325 Å². The smallest absolute Gasteiger partial charge is 0.462 e. The minimum atomic E-state index is -4.95. The summed E-state index contributed by atoms with van der Waals surface area (Å²) in [5.41, 5.74) is 0. The molecule has 504 valence electrons. The zero-order chi connectivity index (χ0) is 63.1. The molecule has 3 N–H and O–H groups in total. The highest BCUT2D eigenvalue weighted by atomic mass is 31.2. The highest BCUT2D eigenvalue weighted by Gasteiger charge is 2.30. The lowest BCUT2D eigenvalue weighted by atomic mass is 10.0. The van der Waals surface area contributed by atoms with Crippen molar-refractivity contribution in [2.24, 2.45) is 17.8 Å². The third-order valence-electron chi connectivity index (χ3n) is 15.1. The molecule has 0 heterocycles. The average molecular weight is 1260 g/mol. The molecule has 0 saturated carbocycles. The van der Waals surface area contributed by atoms with E-state index in [4.69, 9.17) is 37.0 Å². The van der Waals surface area contributed by atoms with Crippen molar-refractivity contribution in [3.8, 4) is 0 Å². The van der Waals surface area contributed by atoms with Crippen LogP contribution in [-0.4, -0.2) is 96.7 Å². The fourth-order valence-corrected chi connectivity index (χ4v) is 11.4. The first-order valence-corrected chi connectivity index (χ1v) is 37.3. The van der Waals surface area contributed by atoms with Gasteiger partial charge >= 0.3 is 39.5 Å². The maximum Gasteiger partial charge on any atom is 0.472 e. The Hall–Kier alpha value is -1.94. The lowest BCUT2D eigenvalue weighted by molar-refractivity contribution is -0.161. The van der Waals surface area contributed by atoms with Crippen LogP contribution in [0.15, 0.2) is 0 Å². The molecule has 19 heteroatoms. The number of ether oxygens (including phenoxy) is 4. The quantitative estimate of drug-likeness (QED) is 0.0222. The number of aliphatic hydroxyl groups is 1. The van der Waals surface area contributed by atoms with E-state index in [0.29, 0.717) is 37.5 Å². The summed E-state index contributed by atoms with van der Waals surface area (Å²) in [4.78, 5) is 72.3. The number of esters is 4. The Morgan fingerprint density at radius 1 is 0.318 bits per heavy atom. The third-order valence-corrected chi connectivity index (χ3v) is 17.0. The Morgan fingerprint density at radius 2 is 0.541 bits per heavy atom. The predicted octanol–water partition coefficient (Wildman–Crippen LogP) is 18.3. The number of hydrogen-bond donors (Lipinski definition) is 3. The molecule has 0 amide bonds. The SMILES string of the molecule is CCCCCCCCCCCCCCCCCC(=O)O[C@H](COC(=O)CCCCCCCCCCC(C)C)COP(=O)(O)OC[C@@H](O)COP(=O)(O)OC[C@@H](COC(=O)CCCCCCCCC(C)C)OC(=O)CCCCCCCCCC(C)C. The van der Waals surface area contributed by atoms with Crippen LogP contribution in [0.25, 0.3) is 0 Å². The molecule has 0 rings (SSSR count). The molecule has 85 heavy (non-hydrogen) atoms. The Labute approximate surface area is 517 Å². The van der Waals surface area contributed by atoms with Crippen molar-refractivity contribution in [2.45, 2.75) is 343 Å². The van der Waals surface area contributed by atoms with Gasteiger partial charge in [0, 0.05) is 25.7 Å². The van der Waals surface area contributed by atoms with E-state index in [1.165, 1.54) is 128 Å². The zero-order valence-electron chi connectivity index (χ0n) is 55.1. The van der Waals surface area contributed by atoms with Crippen molar-refractivity contribution in [1.82, 2.24) is 0 Å². The number of carbonyl (C=O) groups is 4. The van der Waals surface area contributed by atoms with E-state index >= 15 is 0 Å². The van der Waals surface area contributed by atoms with Crippen LogP contribution >= 0.6 is 15.6 Å². The van der Waals surface area contributed by atoms with Crippen LogP contribution in [0.5, 0.6) is 0 Å². The Balaban J connectivity index is 5.23. The largest absolute Gasteiger partial charge is 0.472 e. The first kappa shape index (κ1) is 83.1. The molecule has 0 radical (unpaired) electrons. The Morgan fingerprint density at radius 3 is 0.800 bits per heavy atom. The molecule has 0 aliphatic heterocycles.